The Hall–Kier alpha value is -2.04. The maximum absolute atomic E-state index is 12.2. The van der Waals surface area contributed by atoms with Gasteiger partial charge in [-0.25, -0.2) is 9.69 Å². The molecule has 1 aromatic carbocycles. The van der Waals surface area contributed by atoms with Crippen molar-refractivity contribution in [2.24, 2.45) is 0 Å². The zero-order chi connectivity index (χ0) is 13.4. The third-order valence-electron chi connectivity index (χ3n) is 3.72. The highest BCUT2D eigenvalue weighted by molar-refractivity contribution is 5.95. The molecule has 0 N–H and O–H groups in total. The molecule has 0 aliphatic carbocycles. The summed E-state index contributed by atoms with van der Waals surface area (Å²) in [6.07, 6.45) is 0.415. The highest BCUT2D eigenvalue weighted by Crippen LogP contribution is 2.31. The molecular formula is C14H16N2O3. The van der Waals surface area contributed by atoms with Crippen molar-refractivity contribution in [3.8, 4) is 0 Å². The molecule has 0 aromatic heterocycles. The van der Waals surface area contributed by atoms with Crippen molar-refractivity contribution in [1.82, 2.24) is 4.90 Å². The third-order valence-corrected chi connectivity index (χ3v) is 3.72. The summed E-state index contributed by atoms with van der Waals surface area (Å²) in [5, 5.41) is 0. The molecule has 2 aliphatic rings. The van der Waals surface area contributed by atoms with Crippen molar-refractivity contribution in [1.29, 1.82) is 0 Å². The van der Waals surface area contributed by atoms with Gasteiger partial charge in [0.15, 0.2) is 0 Å². The SMILES string of the molecule is C[C@@H]1Cc2ccccc2N1CC(=O)N1CCOC1=O. The third kappa shape index (κ3) is 2.05. The molecular weight excluding hydrogens is 244 g/mol. The minimum atomic E-state index is -0.523. The highest BCUT2D eigenvalue weighted by atomic mass is 16.6. The maximum Gasteiger partial charge on any atom is 0.416 e. The highest BCUT2D eigenvalue weighted by Gasteiger charge is 2.33. The molecule has 2 amide bonds. The van der Waals surface area contributed by atoms with E-state index < -0.39 is 6.09 Å². The van der Waals surface area contributed by atoms with E-state index in [0.717, 1.165) is 12.1 Å². The zero-order valence-electron chi connectivity index (χ0n) is 10.8. The molecule has 3 rings (SSSR count). The number of imide groups is 1. The number of rotatable bonds is 2. The van der Waals surface area contributed by atoms with E-state index in [4.69, 9.17) is 4.74 Å². The molecule has 1 atom stereocenters. The van der Waals surface area contributed by atoms with Gasteiger partial charge in [0.05, 0.1) is 13.1 Å². The molecule has 0 bridgehead atoms. The van der Waals surface area contributed by atoms with Gasteiger partial charge in [0, 0.05) is 11.7 Å². The van der Waals surface area contributed by atoms with E-state index in [2.05, 4.69) is 17.9 Å². The summed E-state index contributed by atoms with van der Waals surface area (Å²) in [6.45, 7) is 2.99. The van der Waals surface area contributed by atoms with Crippen LogP contribution in [0.15, 0.2) is 24.3 Å². The summed E-state index contributed by atoms with van der Waals surface area (Å²) < 4.78 is 4.80. The summed E-state index contributed by atoms with van der Waals surface area (Å²) in [4.78, 5) is 26.8. The molecule has 0 unspecified atom stereocenters. The van der Waals surface area contributed by atoms with Crippen LogP contribution in [0.5, 0.6) is 0 Å². The standard InChI is InChI=1S/C14H16N2O3/c1-10-8-11-4-2-3-5-12(11)16(10)9-13(17)15-6-7-19-14(15)18/h2-5,10H,6-9H2,1H3/t10-/m1/s1. The van der Waals surface area contributed by atoms with Crippen LogP contribution in [0.25, 0.3) is 0 Å². The average Bonchev–Trinajstić information content (AvgIpc) is 2.94. The molecule has 0 saturated carbocycles. The molecule has 2 heterocycles. The Morgan fingerprint density at radius 2 is 2.21 bits per heavy atom. The lowest BCUT2D eigenvalue weighted by molar-refractivity contribution is -0.126. The summed E-state index contributed by atoms with van der Waals surface area (Å²) in [6, 6.07) is 8.36. The molecule has 1 saturated heterocycles. The number of para-hydroxylation sites is 1. The van der Waals surface area contributed by atoms with Gasteiger partial charge in [-0.1, -0.05) is 18.2 Å². The van der Waals surface area contributed by atoms with Crippen molar-refractivity contribution in [3.05, 3.63) is 29.8 Å². The average molecular weight is 260 g/mol. The fourth-order valence-corrected chi connectivity index (χ4v) is 2.72. The smallest absolute Gasteiger partial charge is 0.416 e. The minimum absolute atomic E-state index is 0.189. The second kappa shape index (κ2) is 4.57. The molecule has 0 radical (unpaired) electrons. The van der Waals surface area contributed by atoms with Gasteiger partial charge in [-0.05, 0) is 25.0 Å². The van der Waals surface area contributed by atoms with Gasteiger partial charge < -0.3 is 9.64 Å². The number of nitrogens with zero attached hydrogens (tertiary/aromatic N) is 2. The molecule has 5 heteroatoms. The summed E-state index contributed by atoms with van der Waals surface area (Å²) in [5.41, 5.74) is 2.35. The first-order chi connectivity index (χ1) is 9.16. The topological polar surface area (TPSA) is 49.9 Å². The van der Waals surface area contributed by atoms with Gasteiger partial charge in [-0.15, -0.1) is 0 Å². The van der Waals surface area contributed by atoms with Crippen molar-refractivity contribution >= 4 is 17.7 Å². The van der Waals surface area contributed by atoms with Crippen molar-refractivity contribution in [3.63, 3.8) is 0 Å². The van der Waals surface area contributed by atoms with Crippen LogP contribution >= 0.6 is 0 Å². The Kier molecular flexibility index (Phi) is 2.89. The van der Waals surface area contributed by atoms with E-state index in [1.165, 1.54) is 10.5 Å². The number of ether oxygens (including phenoxy) is 1. The van der Waals surface area contributed by atoms with E-state index in [-0.39, 0.29) is 18.5 Å². The van der Waals surface area contributed by atoms with Crippen LogP contribution < -0.4 is 4.90 Å². The minimum Gasteiger partial charge on any atom is -0.447 e. The van der Waals surface area contributed by atoms with Gasteiger partial charge in [0.1, 0.15) is 6.61 Å². The number of benzene rings is 1. The van der Waals surface area contributed by atoms with Crippen LogP contribution in [0.3, 0.4) is 0 Å². The number of cyclic esters (lactones) is 1. The lowest BCUT2D eigenvalue weighted by Gasteiger charge is -2.25. The molecule has 1 fully saturated rings. The van der Waals surface area contributed by atoms with Crippen LogP contribution in [0.4, 0.5) is 10.5 Å². The van der Waals surface area contributed by atoms with E-state index >= 15 is 0 Å². The van der Waals surface area contributed by atoms with Gasteiger partial charge in [0.25, 0.3) is 5.91 Å². The quantitative estimate of drug-likeness (QED) is 0.807. The van der Waals surface area contributed by atoms with Crippen LogP contribution in [-0.2, 0) is 16.0 Å². The maximum atomic E-state index is 12.2. The molecule has 100 valence electrons. The second-order valence-electron chi connectivity index (χ2n) is 4.97. The Labute approximate surface area is 111 Å². The number of carbonyl (C=O) groups is 2. The Morgan fingerprint density at radius 1 is 1.42 bits per heavy atom. The van der Waals surface area contributed by atoms with Crippen LogP contribution in [0.1, 0.15) is 12.5 Å². The van der Waals surface area contributed by atoms with Gasteiger partial charge in [-0.2, -0.15) is 0 Å². The van der Waals surface area contributed by atoms with Crippen LogP contribution in [-0.4, -0.2) is 42.6 Å². The molecule has 2 aliphatic heterocycles. The fraction of sp³-hybridized carbons (Fsp3) is 0.429. The largest absolute Gasteiger partial charge is 0.447 e. The number of hydrogen-bond acceptors (Lipinski definition) is 4. The summed E-state index contributed by atoms with van der Waals surface area (Å²) in [7, 11) is 0. The molecule has 5 nitrogen and oxygen atoms in total. The van der Waals surface area contributed by atoms with E-state index in [9.17, 15) is 9.59 Å². The number of hydrogen-bond donors (Lipinski definition) is 0. The Morgan fingerprint density at radius 3 is 2.95 bits per heavy atom. The lowest BCUT2D eigenvalue weighted by Crippen LogP contribution is -2.42. The first-order valence-corrected chi connectivity index (χ1v) is 6.48. The number of carbonyl (C=O) groups excluding carboxylic acids is 2. The predicted octanol–water partition coefficient (Wildman–Crippen LogP) is 1.42. The lowest BCUT2D eigenvalue weighted by atomic mass is 10.1. The zero-order valence-corrected chi connectivity index (χ0v) is 10.8. The van der Waals surface area contributed by atoms with Crippen molar-refractivity contribution in [2.75, 3.05) is 24.6 Å². The monoisotopic (exact) mass is 260 g/mol. The summed E-state index contributed by atoms with van der Waals surface area (Å²) >= 11 is 0. The number of anilines is 1. The second-order valence-corrected chi connectivity index (χ2v) is 4.97. The van der Waals surface area contributed by atoms with E-state index in [1.807, 2.05) is 18.2 Å². The molecule has 0 spiro atoms. The van der Waals surface area contributed by atoms with E-state index in [1.54, 1.807) is 0 Å². The van der Waals surface area contributed by atoms with Crippen molar-refractivity contribution in [2.45, 2.75) is 19.4 Å². The predicted molar refractivity (Wildman–Crippen MR) is 70.0 cm³/mol. The van der Waals surface area contributed by atoms with Gasteiger partial charge >= 0.3 is 6.09 Å². The van der Waals surface area contributed by atoms with E-state index in [0.29, 0.717) is 13.2 Å². The van der Waals surface area contributed by atoms with Crippen LogP contribution in [0.2, 0.25) is 0 Å². The Balaban J connectivity index is 1.76. The first kappa shape index (κ1) is 12.0. The number of fused-ring (bicyclic) bond motifs is 1. The normalized spacial score (nSPS) is 21.5. The van der Waals surface area contributed by atoms with Gasteiger partial charge in [0.2, 0.25) is 0 Å². The molecule has 19 heavy (non-hydrogen) atoms. The van der Waals surface area contributed by atoms with Crippen molar-refractivity contribution < 1.29 is 14.3 Å². The van der Waals surface area contributed by atoms with Gasteiger partial charge in [-0.3, -0.25) is 4.79 Å². The number of amides is 2. The van der Waals surface area contributed by atoms with Crippen LogP contribution in [0, 0.1) is 0 Å². The molecule has 1 aromatic rings. The first-order valence-electron chi connectivity index (χ1n) is 6.48. The summed E-state index contributed by atoms with van der Waals surface area (Å²) in [5.74, 6) is -0.189. The Bertz CT molecular complexity index is 529. The fourth-order valence-electron chi connectivity index (χ4n) is 2.72.